The fourth-order valence-corrected chi connectivity index (χ4v) is 3.62. The van der Waals surface area contributed by atoms with Crippen molar-refractivity contribution >= 4 is 19.4 Å². The Bertz CT molecular complexity index is 439. The van der Waals surface area contributed by atoms with Crippen LogP contribution in [0.3, 0.4) is 0 Å². The van der Waals surface area contributed by atoms with Crippen LogP contribution in [0.5, 0.6) is 0 Å². The summed E-state index contributed by atoms with van der Waals surface area (Å²) in [5, 5.41) is 10.3. The fraction of sp³-hybridized carbons (Fsp3) is 0.143. The standard InChI is InChI=1S/C14H14OSe/c15-10-13-8-4-5-9-14(13)16-11-12-6-2-1-3-7-12/h1-9,15H,10-11H2. The van der Waals surface area contributed by atoms with Crippen LogP contribution in [0.25, 0.3) is 0 Å². The van der Waals surface area contributed by atoms with Crippen LogP contribution >= 0.6 is 0 Å². The number of hydrogen-bond donors (Lipinski definition) is 1. The van der Waals surface area contributed by atoms with Crippen molar-refractivity contribution in [1.29, 1.82) is 0 Å². The quantitative estimate of drug-likeness (QED) is 0.844. The van der Waals surface area contributed by atoms with Crippen molar-refractivity contribution in [2.24, 2.45) is 0 Å². The summed E-state index contributed by atoms with van der Waals surface area (Å²) in [5.74, 6) is 0. The van der Waals surface area contributed by atoms with Gasteiger partial charge in [0.05, 0.1) is 0 Å². The van der Waals surface area contributed by atoms with E-state index in [1.54, 1.807) is 0 Å². The van der Waals surface area contributed by atoms with Gasteiger partial charge in [0.1, 0.15) is 0 Å². The predicted octanol–water partition coefficient (Wildman–Crippen LogP) is 1.71. The van der Waals surface area contributed by atoms with Crippen molar-refractivity contribution in [3.8, 4) is 0 Å². The molecule has 0 aliphatic rings. The molecule has 16 heavy (non-hydrogen) atoms. The van der Waals surface area contributed by atoms with Crippen LogP contribution in [-0.2, 0) is 11.9 Å². The molecule has 0 atom stereocenters. The van der Waals surface area contributed by atoms with Gasteiger partial charge in [-0.15, -0.1) is 0 Å². The van der Waals surface area contributed by atoms with E-state index in [0.29, 0.717) is 15.0 Å². The normalized spacial score (nSPS) is 10.3. The van der Waals surface area contributed by atoms with Gasteiger partial charge in [0.15, 0.2) is 0 Å². The first-order valence-electron chi connectivity index (χ1n) is 5.25. The molecule has 2 heteroatoms. The van der Waals surface area contributed by atoms with E-state index in [4.69, 9.17) is 0 Å². The van der Waals surface area contributed by atoms with Crippen molar-refractivity contribution < 1.29 is 5.11 Å². The van der Waals surface area contributed by atoms with Crippen LogP contribution in [0.4, 0.5) is 0 Å². The number of aliphatic hydroxyl groups excluding tert-OH is 1. The molecule has 1 N–H and O–H groups in total. The van der Waals surface area contributed by atoms with Crippen molar-refractivity contribution in [2.45, 2.75) is 11.9 Å². The van der Waals surface area contributed by atoms with Gasteiger partial charge in [-0.1, -0.05) is 0 Å². The Hall–Kier alpha value is -1.08. The maximum atomic E-state index is 9.23. The Labute approximate surface area is 102 Å². The van der Waals surface area contributed by atoms with Gasteiger partial charge in [-0.05, 0) is 0 Å². The van der Waals surface area contributed by atoms with Gasteiger partial charge in [0.25, 0.3) is 0 Å². The summed E-state index contributed by atoms with van der Waals surface area (Å²) >= 11 is 0.403. The minimum absolute atomic E-state index is 0.146. The molecule has 0 heterocycles. The summed E-state index contributed by atoms with van der Waals surface area (Å²) in [7, 11) is 0. The number of hydrogen-bond acceptors (Lipinski definition) is 1. The molecule has 2 aromatic rings. The summed E-state index contributed by atoms with van der Waals surface area (Å²) in [4.78, 5) is 0. The monoisotopic (exact) mass is 278 g/mol. The first-order chi connectivity index (χ1) is 7.90. The van der Waals surface area contributed by atoms with E-state index in [0.717, 1.165) is 10.9 Å². The molecule has 82 valence electrons. The molecule has 0 amide bonds. The molecule has 2 aromatic carbocycles. The molecule has 0 fully saturated rings. The van der Waals surface area contributed by atoms with Gasteiger partial charge in [0, 0.05) is 0 Å². The molecule has 0 bridgehead atoms. The van der Waals surface area contributed by atoms with E-state index >= 15 is 0 Å². The molecule has 0 saturated heterocycles. The van der Waals surface area contributed by atoms with Gasteiger partial charge >= 0.3 is 102 Å². The van der Waals surface area contributed by atoms with Crippen molar-refractivity contribution in [1.82, 2.24) is 0 Å². The second-order valence-electron chi connectivity index (χ2n) is 3.54. The number of rotatable bonds is 4. The van der Waals surface area contributed by atoms with Crippen molar-refractivity contribution in [2.75, 3.05) is 0 Å². The topological polar surface area (TPSA) is 20.2 Å². The Kier molecular flexibility index (Phi) is 4.17. The van der Waals surface area contributed by atoms with E-state index in [1.807, 2.05) is 24.3 Å². The van der Waals surface area contributed by atoms with E-state index in [2.05, 4.69) is 30.3 Å². The molecule has 0 aliphatic carbocycles. The first kappa shape index (κ1) is 11.4. The zero-order valence-electron chi connectivity index (χ0n) is 8.97. The predicted molar refractivity (Wildman–Crippen MR) is 67.9 cm³/mol. The molecule has 1 nitrogen and oxygen atoms in total. The average Bonchev–Trinajstić information content (AvgIpc) is 2.38. The Morgan fingerprint density at radius 1 is 0.875 bits per heavy atom. The minimum atomic E-state index is 0.146. The van der Waals surface area contributed by atoms with Gasteiger partial charge in [-0.3, -0.25) is 0 Å². The van der Waals surface area contributed by atoms with Crippen molar-refractivity contribution in [3.05, 3.63) is 65.7 Å². The zero-order valence-corrected chi connectivity index (χ0v) is 10.7. The van der Waals surface area contributed by atoms with E-state index in [-0.39, 0.29) is 6.61 Å². The molecular weight excluding hydrogens is 263 g/mol. The van der Waals surface area contributed by atoms with E-state index in [9.17, 15) is 5.11 Å². The number of aliphatic hydroxyl groups is 1. The van der Waals surface area contributed by atoms with Crippen LogP contribution in [0.2, 0.25) is 0 Å². The van der Waals surface area contributed by atoms with Gasteiger partial charge in [-0.25, -0.2) is 0 Å². The molecule has 0 spiro atoms. The van der Waals surface area contributed by atoms with Crippen molar-refractivity contribution in [3.63, 3.8) is 0 Å². The third-order valence-corrected chi connectivity index (χ3v) is 4.87. The summed E-state index contributed by atoms with van der Waals surface area (Å²) in [6.07, 6.45) is 0. The fourth-order valence-electron chi connectivity index (χ4n) is 1.51. The van der Waals surface area contributed by atoms with Crippen LogP contribution in [-0.4, -0.2) is 20.1 Å². The molecule has 0 aromatic heterocycles. The summed E-state index contributed by atoms with van der Waals surface area (Å²) in [5.41, 5.74) is 2.44. The summed E-state index contributed by atoms with van der Waals surface area (Å²) < 4.78 is 1.31. The van der Waals surface area contributed by atoms with Crippen LogP contribution in [0, 0.1) is 0 Å². The van der Waals surface area contributed by atoms with Crippen LogP contribution in [0.1, 0.15) is 11.1 Å². The molecule has 0 aliphatic heterocycles. The maximum absolute atomic E-state index is 9.23. The molecule has 0 saturated carbocycles. The zero-order chi connectivity index (χ0) is 11.2. The van der Waals surface area contributed by atoms with Crippen LogP contribution < -0.4 is 4.46 Å². The second kappa shape index (κ2) is 5.86. The Morgan fingerprint density at radius 2 is 1.56 bits per heavy atom. The SMILES string of the molecule is OCc1ccccc1[Se]Cc1ccccc1. The van der Waals surface area contributed by atoms with E-state index in [1.165, 1.54) is 10.0 Å². The molecule has 2 rings (SSSR count). The Morgan fingerprint density at radius 3 is 2.31 bits per heavy atom. The summed E-state index contributed by atoms with van der Waals surface area (Å²) in [6, 6.07) is 18.6. The third kappa shape index (κ3) is 2.96. The van der Waals surface area contributed by atoms with Gasteiger partial charge in [0.2, 0.25) is 0 Å². The second-order valence-corrected chi connectivity index (χ2v) is 5.67. The Balaban J connectivity index is 2.05. The van der Waals surface area contributed by atoms with E-state index < -0.39 is 0 Å². The summed E-state index contributed by atoms with van der Waals surface area (Å²) in [6.45, 7) is 0.146. The van der Waals surface area contributed by atoms with Gasteiger partial charge in [-0.2, -0.15) is 0 Å². The average molecular weight is 277 g/mol. The third-order valence-electron chi connectivity index (χ3n) is 2.38. The van der Waals surface area contributed by atoms with Gasteiger partial charge < -0.3 is 0 Å². The first-order valence-corrected chi connectivity index (χ1v) is 7.32. The molecule has 0 radical (unpaired) electrons. The van der Waals surface area contributed by atoms with Crippen LogP contribution in [0.15, 0.2) is 54.6 Å². The molecular formula is C14H14OSe. The number of benzene rings is 2. The molecule has 0 unspecified atom stereocenters.